The third-order valence-corrected chi connectivity index (χ3v) is 4.00. The average Bonchev–Trinajstić information content (AvgIpc) is 2.97. The summed E-state index contributed by atoms with van der Waals surface area (Å²) in [5.41, 5.74) is 0.757. The first-order valence-electron chi connectivity index (χ1n) is 7.92. The Bertz CT molecular complexity index is 524. The molecular formula is C16H25N3O4. The van der Waals surface area contributed by atoms with Crippen molar-refractivity contribution in [3.63, 3.8) is 0 Å². The highest BCUT2D eigenvalue weighted by molar-refractivity contribution is 5.85. The van der Waals surface area contributed by atoms with Crippen molar-refractivity contribution < 1.29 is 19.0 Å². The lowest BCUT2D eigenvalue weighted by Crippen LogP contribution is -2.30. The highest BCUT2D eigenvalue weighted by Gasteiger charge is 2.22. The number of aromatic nitrogens is 2. The Labute approximate surface area is 137 Å². The molecule has 7 heteroatoms. The molecule has 1 aromatic rings. The fourth-order valence-electron chi connectivity index (χ4n) is 2.63. The second-order valence-corrected chi connectivity index (χ2v) is 5.70. The van der Waals surface area contributed by atoms with Crippen LogP contribution >= 0.6 is 0 Å². The van der Waals surface area contributed by atoms with Crippen LogP contribution in [0.4, 0.5) is 0 Å². The Kier molecular flexibility index (Phi) is 6.73. The molecule has 0 spiro atoms. The van der Waals surface area contributed by atoms with Crippen molar-refractivity contribution in [3.8, 4) is 5.88 Å². The van der Waals surface area contributed by atoms with Crippen molar-refractivity contribution in [1.82, 2.24) is 14.9 Å². The molecular weight excluding hydrogens is 298 g/mol. The normalized spacial score (nSPS) is 18.1. The molecule has 1 atom stereocenters. The van der Waals surface area contributed by atoms with Crippen LogP contribution in [0, 0.1) is 0 Å². The summed E-state index contributed by atoms with van der Waals surface area (Å²) in [6.45, 7) is 2.29. The van der Waals surface area contributed by atoms with Gasteiger partial charge in [0.25, 0.3) is 0 Å². The van der Waals surface area contributed by atoms with Gasteiger partial charge in [0, 0.05) is 31.5 Å². The van der Waals surface area contributed by atoms with Crippen molar-refractivity contribution in [1.29, 1.82) is 0 Å². The number of carbonyl (C=O) groups is 1. The number of likely N-dealkylation sites (tertiary alicyclic amines) is 1. The molecule has 0 amide bonds. The van der Waals surface area contributed by atoms with Crippen LogP contribution in [-0.4, -0.2) is 67.9 Å². The van der Waals surface area contributed by atoms with E-state index in [1.807, 2.05) is 0 Å². The number of carbonyl (C=O) groups excluding carboxylic acids is 1. The van der Waals surface area contributed by atoms with E-state index in [1.165, 1.54) is 13.5 Å². The van der Waals surface area contributed by atoms with Gasteiger partial charge < -0.3 is 19.1 Å². The highest BCUT2D eigenvalue weighted by Crippen LogP contribution is 2.17. The van der Waals surface area contributed by atoms with Crippen LogP contribution in [0.25, 0.3) is 0 Å². The SMILES string of the molecule is COCCCc1cc(OC[C@@H]2CCCN2C)nc(C(=O)OC)n1. The molecule has 0 saturated carbocycles. The van der Waals surface area contributed by atoms with Crippen LogP contribution in [0.15, 0.2) is 6.07 Å². The third-order valence-electron chi connectivity index (χ3n) is 4.00. The van der Waals surface area contributed by atoms with E-state index in [4.69, 9.17) is 14.2 Å². The number of esters is 1. The number of aryl methyl sites for hydroxylation is 1. The van der Waals surface area contributed by atoms with Crippen LogP contribution in [0.2, 0.25) is 0 Å². The molecule has 0 aliphatic carbocycles. The van der Waals surface area contributed by atoms with E-state index < -0.39 is 5.97 Å². The lowest BCUT2D eigenvalue weighted by Gasteiger charge is -2.19. The minimum atomic E-state index is -0.554. The van der Waals surface area contributed by atoms with Crippen molar-refractivity contribution in [2.45, 2.75) is 31.7 Å². The maximum atomic E-state index is 11.7. The van der Waals surface area contributed by atoms with E-state index >= 15 is 0 Å². The quantitative estimate of drug-likeness (QED) is 0.527. The molecule has 0 unspecified atom stereocenters. The number of methoxy groups -OCH3 is 2. The van der Waals surface area contributed by atoms with Crippen molar-refractivity contribution >= 4 is 5.97 Å². The van der Waals surface area contributed by atoms with Crippen LogP contribution in [0.1, 0.15) is 35.6 Å². The van der Waals surface area contributed by atoms with E-state index in [0.29, 0.717) is 31.6 Å². The molecule has 1 aliphatic rings. The van der Waals surface area contributed by atoms with E-state index in [2.05, 4.69) is 21.9 Å². The molecule has 7 nitrogen and oxygen atoms in total. The molecule has 1 saturated heterocycles. The summed E-state index contributed by atoms with van der Waals surface area (Å²) in [4.78, 5) is 22.4. The predicted octanol–water partition coefficient (Wildman–Crippen LogP) is 1.32. The van der Waals surface area contributed by atoms with Gasteiger partial charge in [0.05, 0.1) is 7.11 Å². The first-order valence-corrected chi connectivity index (χ1v) is 7.92. The number of nitrogens with zero attached hydrogens (tertiary/aromatic N) is 3. The fraction of sp³-hybridized carbons (Fsp3) is 0.688. The number of hydrogen-bond acceptors (Lipinski definition) is 7. The summed E-state index contributed by atoms with van der Waals surface area (Å²) in [6, 6.07) is 2.18. The lowest BCUT2D eigenvalue weighted by molar-refractivity contribution is 0.0584. The van der Waals surface area contributed by atoms with Gasteiger partial charge in [-0.05, 0) is 39.3 Å². The number of likely N-dealkylation sites (N-methyl/N-ethyl adjacent to an activating group) is 1. The van der Waals surface area contributed by atoms with Gasteiger partial charge in [-0.1, -0.05) is 0 Å². The summed E-state index contributed by atoms with van der Waals surface area (Å²) in [7, 11) is 5.07. The van der Waals surface area contributed by atoms with Gasteiger partial charge in [0.15, 0.2) is 0 Å². The minimum Gasteiger partial charge on any atom is -0.476 e. The Morgan fingerprint density at radius 1 is 1.39 bits per heavy atom. The Morgan fingerprint density at radius 3 is 2.87 bits per heavy atom. The van der Waals surface area contributed by atoms with Crippen molar-refractivity contribution in [2.24, 2.45) is 0 Å². The van der Waals surface area contributed by atoms with Crippen LogP contribution in [0.5, 0.6) is 5.88 Å². The molecule has 128 valence electrons. The Balaban J connectivity index is 2.06. The van der Waals surface area contributed by atoms with E-state index in [-0.39, 0.29) is 5.82 Å². The Hall–Kier alpha value is -1.73. The number of rotatable bonds is 8. The molecule has 0 N–H and O–H groups in total. The smallest absolute Gasteiger partial charge is 0.376 e. The zero-order valence-electron chi connectivity index (χ0n) is 14.1. The van der Waals surface area contributed by atoms with Crippen LogP contribution in [0.3, 0.4) is 0 Å². The van der Waals surface area contributed by atoms with Gasteiger partial charge in [-0.2, -0.15) is 4.98 Å². The fourth-order valence-corrected chi connectivity index (χ4v) is 2.63. The number of hydrogen-bond donors (Lipinski definition) is 0. The third kappa shape index (κ3) is 5.14. The minimum absolute atomic E-state index is 0.0391. The summed E-state index contributed by atoms with van der Waals surface area (Å²) >= 11 is 0. The zero-order chi connectivity index (χ0) is 16.7. The van der Waals surface area contributed by atoms with E-state index in [1.54, 1.807) is 13.2 Å². The summed E-state index contributed by atoms with van der Waals surface area (Å²) in [6.07, 6.45) is 3.81. The van der Waals surface area contributed by atoms with E-state index in [9.17, 15) is 4.79 Å². The Morgan fingerprint density at radius 2 is 2.22 bits per heavy atom. The van der Waals surface area contributed by atoms with Gasteiger partial charge in [-0.3, -0.25) is 0 Å². The maximum absolute atomic E-state index is 11.7. The summed E-state index contributed by atoms with van der Waals surface area (Å²) < 4.78 is 15.6. The molecule has 2 heterocycles. The summed E-state index contributed by atoms with van der Waals surface area (Å²) in [5, 5.41) is 0. The molecule has 1 fully saturated rings. The topological polar surface area (TPSA) is 73.8 Å². The van der Waals surface area contributed by atoms with Gasteiger partial charge in [0.2, 0.25) is 11.7 Å². The number of ether oxygens (including phenoxy) is 3. The largest absolute Gasteiger partial charge is 0.476 e. The predicted molar refractivity (Wildman–Crippen MR) is 84.7 cm³/mol. The molecule has 1 aliphatic heterocycles. The van der Waals surface area contributed by atoms with Crippen molar-refractivity contribution in [2.75, 3.05) is 41.0 Å². The molecule has 0 bridgehead atoms. The molecule has 2 rings (SSSR count). The first-order chi connectivity index (χ1) is 11.1. The summed E-state index contributed by atoms with van der Waals surface area (Å²) in [5.74, 6) is -0.0910. The molecule has 23 heavy (non-hydrogen) atoms. The zero-order valence-corrected chi connectivity index (χ0v) is 14.1. The highest BCUT2D eigenvalue weighted by atomic mass is 16.5. The van der Waals surface area contributed by atoms with Gasteiger partial charge in [0.1, 0.15) is 6.61 Å². The van der Waals surface area contributed by atoms with E-state index in [0.717, 1.165) is 25.1 Å². The second kappa shape index (κ2) is 8.79. The lowest BCUT2D eigenvalue weighted by atomic mass is 10.2. The van der Waals surface area contributed by atoms with Gasteiger partial charge >= 0.3 is 5.97 Å². The van der Waals surface area contributed by atoms with Gasteiger partial charge in [-0.15, -0.1) is 0 Å². The second-order valence-electron chi connectivity index (χ2n) is 5.70. The standard InChI is InChI=1S/C16H25N3O4/c1-19-8-4-7-13(19)11-23-14-10-12(6-5-9-21-2)17-15(18-14)16(20)22-3/h10,13H,4-9,11H2,1-3H3/t13-/m0/s1. The first kappa shape index (κ1) is 17.6. The molecule has 0 radical (unpaired) electrons. The van der Waals surface area contributed by atoms with Crippen molar-refractivity contribution in [3.05, 3.63) is 17.6 Å². The van der Waals surface area contributed by atoms with Crippen LogP contribution in [-0.2, 0) is 15.9 Å². The monoisotopic (exact) mass is 323 g/mol. The van der Waals surface area contributed by atoms with Gasteiger partial charge in [-0.25, -0.2) is 9.78 Å². The molecule has 1 aromatic heterocycles. The molecule has 0 aromatic carbocycles. The van der Waals surface area contributed by atoms with Crippen LogP contribution < -0.4 is 4.74 Å². The average molecular weight is 323 g/mol. The maximum Gasteiger partial charge on any atom is 0.376 e.